The molecule has 2 nitrogen and oxygen atoms in total. The summed E-state index contributed by atoms with van der Waals surface area (Å²) in [4.78, 5) is 6.11. The van der Waals surface area contributed by atoms with Crippen molar-refractivity contribution in [2.45, 2.75) is 118 Å². The summed E-state index contributed by atoms with van der Waals surface area (Å²) >= 11 is 5.44. The fraction of sp³-hybridized carbons (Fsp3) is 0.588. The van der Waals surface area contributed by atoms with E-state index in [0.29, 0.717) is 0 Å². The molecular formula is C34H46N2S3. The molecule has 0 aliphatic heterocycles. The van der Waals surface area contributed by atoms with E-state index in [0.717, 1.165) is 29.3 Å². The van der Waals surface area contributed by atoms with Gasteiger partial charge in [0.05, 0.1) is 11.7 Å². The van der Waals surface area contributed by atoms with Gasteiger partial charge in [0.1, 0.15) is 11.0 Å². The number of rotatable bonds is 13. The molecule has 0 radical (unpaired) electrons. The Morgan fingerprint density at radius 2 is 1.41 bits per heavy atom. The Labute approximate surface area is 248 Å². The van der Waals surface area contributed by atoms with Gasteiger partial charge in [0.15, 0.2) is 0 Å². The quantitative estimate of drug-likeness (QED) is 0.158. The van der Waals surface area contributed by atoms with Gasteiger partial charge in [-0.05, 0) is 67.3 Å². The molecule has 0 N–H and O–H groups in total. The Kier molecular flexibility index (Phi) is 9.30. The van der Waals surface area contributed by atoms with Crippen LogP contribution in [0.2, 0.25) is 0 Å². The predicted octanol–water partition coefficient (Wildman–Crippen LogP) is 11.5. The lowest BCUT2D eigenvalue weighted by atomic mass is 9.61. The molecule has 2 atom stereocenters. The lowest BCUT2D eigenvalue weighted by molar-refractivity contribution is 0.259. The molecular weight excluding hydrogens is 533 g/mol. The fourth-order valence-corrected chi connectivity index (χ4v) is 10.2. The van der Waals surface area contributed by atoms with E-state index in [2.05, 4.69) is 81.5 Å². The first-order chi connectivity index (χ1) is 18.9. The first-order valence-electron chi connectivity index (χ1n) is 15.4. The molecule has 5 rings (SSSR count). The van der Waals surface area contributed by atoms with Crippen molar-refractivity contribution in [3.05, 3.63) is 55.6 Å². The van der Waals surface area contributed by atoms with Crippen molar-refractivity contribution in [2.75, 3.05) is 0 Å². The van der Waals surface area contributed by atoms with Crippen LogP contribution in [-0.4, -0.2) is 8.75 Å². The van der Waals surface area contributed by atoms with E-state index in [9.17, 15) is 0 Å². The van der Waals surface area contributed by atoms with Crippen molar-refractivity contribution in [1.29, 1.82) is 0 Å². The summed E-state index contributed by atoms with van der Waals surface area (Å²) in [6.07, 6.45) is 14.2. The van der Waals surface area contributed by atoms with Crippen molar-refractivity contribution in [3.63, 3.8) is 0 Å². The molecule has 0 saturated heterocycles. The molecule has 0 fully saturated rings. The number of thiophene rings is 2. The number of hydrogen-bond acceptors (Lipinski definition) is 5. The highest BCUT2D eigenvalue weighted by atomic mass is 32.1. The van der Waals surface area contributed by atoms with Crippen LogP contribution in [-0.2, 0) is 11.8 Å². The number of aryl methyl sites for hydroxylation is 2. The van der Waals surface area contributed by atoms with E-state index in [-0.39, 0.29) is 5.41 Å². The number of hydrogen-bond donors (Lipinski definition) is 0. The molecule has 3 aromatic heterocycles. The number of nitrogens with zero attached hydrogens (tertiary/aromatic N) is 2. The third-order valence-electron chi connectivity index (χ3n) is 9.34. The van der Waals surface area contributed by atoms with E-state index in [1.807, 2.05) is 11.3 Å². The minimum absolute atomic E-state index is 0.120. The Balaban J connectivity index is 1.68. The zero-order valence-electron chi connectivity index (χ0n) is 24.9. The molecule has 2 unspecified atom stereocenters. The summed E-state index contributed by atoms with van der Waals surface area (Å²) in [5, 5.41) is 0. The lowest BCUT2D eigenvalue weighted by Crippen LogP contribution is -2.36. The van der Waals surface area contributed by atoms with Crippen molar-refractivity contribution in [1.82, 2.24) is 8.75 Å². The average molecular weight is 579 g/mol. The van der Waals surface area contributed by atoms with Crippen LogP contribution in [0.5, 0.6) is 0 Å². The second-order valence-corrected chi connectivity index (χ2v) is 15.0. The maximum Gasteiger partial charge on any atom is 0.113 e. The molecule has 210 valence electrons. The Morgan fingerprint density at radius 1 is 0.795 bits per heavy atom. The van der Waals surface area contributed by atoms with Gasteiger partial charge in [-0.3, -0.25) is 0 Å². The van der Waals surface area contributed by atoms with Crippen molar-refractivity contribution < 1.29 is 0 Å². The SMILES string of the molecule is CCCCC(CC)CC1(CC(CC)CCCC)c2cc(C)sc2Cc2sc(-c3ccc(C)c4nsnc34)cc21. The third-order valence-corrected chi connectivity index (χ3v) is 12.1. The topological polar surface area (TPSA) is 25.8 Å². The van der Waals surface area contributed by atoms with Gasteiger partial charge in [-0.15, -0.1) is 22.7 Å². The highest BCUT2D eigenvalue weighted by Crippen LogP contribution is 2.56. The maximum absolute atomic E-state index is 4.77. The second kappa shape index (κ2) is 12.5. The standard InChI is InChI=1S/C34H46N2S3/c1-7-11-13-24(9-3)20-34(21-25(10-4)14-12-8-2)27-17-23(6)37-30(27)19-31-28(34)18-29(38-31)26-16-15-22(5)32-33(26)36-39-35-32/h15-18,24-25H,7-14,19-21H2,1-6H3. The minimum atomic E-state index is 0.120. The van der Waals surface area contributed by atoms with E-state index < -0.39 is 0 Å². The summed E-state index contributed by atoms with van der Waals surface area (Å²) in [5.41, 5.74) is 8.09. The van der Waals surface area contributed by atoms with Gasteiger partial charge >= 0.3 is 0 Å². The van der Waals surface area contributed by atoms with Crippen LogP contribution in [0.4, 0.5) is 0 Å². The Bertz CT molecular complexity index is 1370. The molecule has 1 aromatic carbocycles. The number of benzene rings is 1. The van der Waals surface area contributed by atoms with E-state index >= 15 is 0 Å². The van der Waals surface area contributed by atoms with Crippen LogP contribution < -0.4 is 0 Å². The van der Waals surface area contributed by atoms with Gasteiger partial charge in [-0.1, -0.05) is 91.2 Å². The van der Waals surface area contributed by atoms with E-state index in [1.165, 1.54) is 96.8 Å². The minimum Gasteiger partial charge on any atom is -0.173 e. The summed E-state index contributed by atoms with van der Waals surface area (Å²) < 4.78 is 9.41. The molecule has 4 aromatic rings. The largest absolute Gasteiger partial charge is 0.173 e. The van der Waals surface area contributed by atoms with Gasteiger partial charge in [0.25, 0.3) is 0 Å². The first kappa shape index (κ1) is 29.0. The molecule has 0 amide bonds. The van der Waals surface area contributed by atoms with E-state index in [1.54, 1.807) is 20.9 Å². The first-order valence-corrected chi connectivity index (χ1v) is 17.7. The van der Waals surface area contributed by atoms with Crippen LogP contribution in [0, 0.1) is 25.7 Å². The molecule has 39 heavy (non-hydrogen) atoms. The van der Waals surface area contributed by atoms with Gasteiger partial charge in [0, 0.05) is 36.9 Å². The molecule has 0 spiro atoms. The van der Waals surface area contributed by atoms with Crippen LogP contribution in [0.15, 0.2) is 24.3 Å². The summed E-state index contributed by atoms with van der Waals surface area (Å²) in [6.45, 7) is 14.0. The van der Waals surface area contributed by atoms with Gasteiger partial charge in [-0.25, -0.2) is 0 Å². The highest BCUT2D eigenvalue weighted by Gasteiger charge is 2.45. The Morgan fingerprint density at radius 3 is 2.05 bits per heavy atom. The highest BCUT2D eigenvalue weighted by molar-refractivity contribution is 7.16. The van der Waals surface area contributed by atoms with Crippen molar-refractivity contribution in [3.8, 4) is 10.4 Å². The number of aromatic nitrogens is 2. The maximum atomic E-state index is 4.77. The van der Waals surface area contributed by atoms with Crippen LogP contribution in [0.1, 0.15) is 123 Å². The summed E-state index contributed by atoms with van der Waals surface area (Å²) in [7, 11) is 0. The lowest BCUT2D eigenvalue weighted by Gasteiger charge is -2.43. The molecule has 3 heterocycles. The van der Waals surface area contributed by atoms with Crippen molar-refractivity contribution in [2.24, 2.45) is 11.8 Å². The van der Waals surface area contributed by atoms with Gasteiger partial charge < -0.3 is 0 Å². The molecule has 1 aliphatic rings. The van der Waals surface area contributed by atoms with Gasteiger partial charge in [-0.2, -0.15) is 8.75 Å². The summed E-state index contributed by atoms with van der Waals surface area (Å²) in [5.74, 6) is 1.54. The normalized spacial score (nSPS) is 18.3. The third kappa shape index (κ3) is 5.65. The zero-order valence-corrected chi connectivity index (χ0v) is 27.3. The fourth-order valence-electron chi connectivity index (χ4n) is 7.07. The van der Waals surface area contributed by atoms with Gasteiger partial charge in [0.2, 0.25) is 0 Å². The molecule has 1 aliphatic carbocycles. The number of unbranched alkanes of at least 4 members (excludes halogenated alkanes) is 2. The molecule has 5 heteroatoms. The smallest absolute Gasteiger partial charge is 0.113 e. The Hall–Kier alpha value is -1.56. The van der Waals surface area contributed by atoms with E-state index in [4.69, 9.17) is 4.37 Å². The zero-order chi connectivity index (χ0) is 27.6. The van der Waals surface area contributed by atoms with Crippen LogP contribution in [0.3, 0.4) is 0 Å². The molecule has 0 bridgehead atoms. The number of fused-ring (bicyclic) bond motifs is 3. The average Bonchev–Trinajstić information content (AvgIpc) is 3.68. The molecule has 0 saturated carbocycles. The van der Waals surface area contributed by atoms with Crippen LogP contribution in [0.25, 0.3) is 21.5 Å². The van der Waals surface area contributed by atoms with Crippen LogP contribution >= 0.6 is 34.4 Å². The van der Waals surface area contributed by atoms with Crippen molar-refractivity contribution >= 4 is 45.4 Å². The monoisotopic (exact) mass is 578 g/mol. The predicted molar refractivity (Wildman–Crippen MR) is 174 cm³/mol. The summed E-state index contributed by atoms with van der Waals surface area (Å²) in [6, 6.07) is 9.73. The second-order valence-electron chi connectivity index (χ2n) is 12.0.